The highest BCUT2D eigenvalue weighted by atomic mass is 35.5. The Kier molecular flexibility index (Phi) is 4.36. The van der Waals surface area contributed by atoms with Crippen molar-refractivity contribution in [3.05, 3.63) is 53.6 Å². The Morgan fingerprint density at radius 1 is 1.19 bits per heavy atom. The molecule has 1 heterocycles. The zero-order chi connectivity index (χ0) is 14.7. The molecule has 0 fully saturated rings. The number of carbonyl (C=O) groups excluding carboxylic acids is 1. The van der Waals surface area contributed by atoms with E-state index < -0.39 is 0 Å². The van der Waals surface area contributed by atoms with Gasteiger partial charge >= 0.3 is 0 Å². The minimum atomic E-state index is 0.0812. The molecule has 0 unspecified atom stereocenters. The molecule has 1 aliphatic rings. The monoisotopic (exact) mass is 318 g/mol. The quantitative estimate of drug-likeness (QED) is 0.931. The van der Waals surface area contributed by atoms with E-state index >= 15 is 0 Å². The van der Waals surface area contributed by atoms with E-state index in [1.54, 1.807) is 23.9 Å². The molecule has 0 saturated carbocycles. The zero-order valence-electron chi connectivity index (χ0n) is 11.4. The molecule has 0 bridgehead atoms. The first-order valence-corrected chi connectivity index (χ1v) is 8.12. The Balaban J connectivity index is 1.68. The fraction of sp³-hybridized carbons (Fsp3) is 0.188. The second kappa shape index (κ2) is 6.41. The van der Waals surface area contributed by atoms with Crippen LogP contribution in [0.2, 0.25) is 5.02 Å². The summed E-state index contributed by atoms with van der Waals surface area (Å²) in [4.78, 5) is 15.5. The van der Waals surface area contributed by atoms with Crippen LogP contribution >= 0.6 is 23.4 Å². The number of benzene rings is 2. The standard InChI is InChI=1S/C16H15ClN2OS/c17-12-5-7-13(8-6-12)18-11-16(20)19-9-10-21-15-4-2-1-3-14(15)19/h1-8,18H,9-11H2. The van der Waals surface area contributed by atoms with Crippen LogP contribution < -0.4 is 10.2 Å². The lowest BCUT2D eigenvalue weighted by atomic mass is 10.2. The largest absolute Gasteiger partial charge is 0.376 e. The number of hydrogen-bond acceptors (Lipinski definition) is 3. The summed E-state index contributed by atoms with van der Waals surface area (Å²) in [6.07, 6.45) is 0. The molecule has 0 radical (unpaired) electrons. The second-order valence-corrected chi connectivity index (χ2v) is 6.30. The molecule has 0 spiro atoms. The number of fused-ring (bicyclic) bond motifs is 1. The van der Waals surface area contributed by atoms with E-state index in [0.29, 0.717) is 5.02 Å². The van der Waals surface area contributed by atoms with Gasteiger partial charge in [-0.15, -0.1) is 11.8 Å². The normalized spacial score (nSPS) is 13.7. The first-order valence-electron chi connectivity index (χ1n) is 6.76. The van der Waals surface area contributed by atoms with Gasteiger partial charge in [0.1, 0.15) is 0 Å². The molecule has 3 rings (SSSR count). The maximum absolute atomic E-state index is 12.4. The van der Waals surface area contributed by atoms with Crippen molar-refractivity contribution in [1.29, 1.82) is 0 Å². The van der Waals surface area contributed by atoms with E-state index in [1.807, 2.05) is 35.2 Å². The molecule has 3 nitrogen and oxygen atoms in total. The van der Waals surface area contributed by atoms with E-state index in [1.165, 1.54) is 4.90 Å². The summed E-state index contributed by atoms with van der Waals surface area (Å²) in [7, 11) is 0. The average molecular weight is 319 g/mol. The Morgan fingerprint density at radius 3 is 2.76 bits per heavy atom. The fourth-order valence-corrected chi connectivity index (χ4v) is 3.39. The van der Waals surface area contributed by atoms with E-state index in [2.05, 4.69) is 11.4 Å². The van der Waals surface area contributed by atoms with Gasteiger partial charge in [0.25, 0.3) is 0 Å². The molecule has 5 heteroatoms. The van der Waals surface area contributed by atoms with Gasteiger partial charge in [0.2, 0.25) is 5.91 Å². The number of hydrogen-bond donors (Lipinski definition) is 1. The minimum Gasteiger partial charge on any atom is -0.376 e. The first-order chi connectivity index (χ1) is 10.2. The summed E-state index contributed by atoms with van der Waals surface area (Å²) in [5.74, 6) is 1.02. The van der Waals surface area contributed by atoms with Gasteiger partial charge in [-0.1, -0.05) is 23.7 Å². The molecular weight excluding hydrogens is 304 g/mol. The molecule has 21 heavy (non-hydrogen) atoms. The summed E-state index contributed by atoms with van der Waals surface area (Å²) in [6.45, 7) is 1.03. The minimum absolute atomic E-state index is 0.0812. The number of amides is 1. The van der Waals surface area contributed by atoms with Crippen molar-refractivity contribution in [1.82, 2.24) is 0 Å². The highest BCUT2D eigenvalue weighted by molar-refractivity contribution is 7.99. The molecule has 2 aromatic rings. The molecule has 0 atom stereocenters. The number of halogens is 1. The summed E-state index contributed by atoms with van der Waals surface area (Å²) in [6, 6.07) is 15.4. The van der Waals surface area contributed by atoms with E-state index in [0.717, 1.165) is 23.7 Å². The predicted octanol–water partition coefficient (Wildman–Crippen LogP) is 3.89. The Morgan fingerprint density at radius 2 is 1.95 bits per heavy atom. The first kappa shape index (κ1) is 14.3. The van der Waals surface area contributed by atoms with Crippen molar-refractivity contribution in [2.45, 2.75) is 4.90 Å². The number of para-hydroxylation sites is 1. The molecule has 0 saturated heterocycles. The summed E-state index contributed by atoms with van der Waals surface area (Å²) in [5, 5.41) is 3.83. The lowest BCUT2D eigenvalue weighted by Crippen LogP contribution is -2.39. The van der Waals surface area contributed by atoms with Crippen molar-refractivity contribution >= 4 is 40.6 Å². The van der Waals surface area contributed by atoms with Crippen LogP contribution in [0, 0.1) is 0 Å². The smallest absolute Gasteiger partial charge is 0.246 e. The second-order valence-electron chi connectivity index (χ2n) is 4.72. The van der Waals surface area contributed by atoms with Gasteiger partial charge in [-0.05, 0) is 36.4 Å². The van der Waals surface area contributed by atoms with Gasteiger partial charge in [0.05, 0.1) is 12.2 Å². The molecule has 2 aromatic carbocycles. The van der Waals surface area contributed by atoms with E-state index in [-0.39, 0.29) is 12.5 Å². The molecule has 0 aromatic heterocycles. The van der Waals surface area contributed by atoms with Crippen molar-refractivity contribution < 1.29 is 4.79 Å². The van der Waals surface area contributed by atoms with Crippen LogP contribution in [-0.2, 0) is 4.79 Å². The third-order valence-electron chi connectivity index (χ3n) is 3.32. The molecule has 108 valence electrons. The van der Waals surface area contributed by atoms with Crippen LogP contribution in [0.1, 0.15) is 0 Å². The number of rotatable bonds is 3. The topological polar surface area (TPSA) is 32.3 Å². The summed E-state index contributed by atoms with van der Waals surface area (Å²) in [5.41, 5.74) is 1.91. The molecule has 1 aliphatic heterocycles. The Labute approximate surface area is 133 Å². The van der Waals surface area contributed by atoms with Crippen LogP contribution in [0.4, 0.5) is 11.4 Å². The number of carbonyl (C=O) groups is 1. The van der Waals surface area contributed by atoms with Crippen LogP contribution in [0.25, 0.3) is 0 Å². The van der Waals surface area contributed by atoms with Gasteiger partial charge in [-0.2, -0.15) is 0 Å². The van der Waals surface area contributed by atoms with Crippen LogP contribution in [0.3, 0.4) is 0 Å². The molecular formula is C16H15ClN2OS. The summed E-state index contributed by atoms with van der Waals surface area (Å²) < 4.78 is 0. The van der Waals surface area contributed by atoms with Crippen LogP contribution in [0.15, 0.2) is 53.4 Å². The van der Waals surface area contributed by atoms with Crippen molar-refractivity contribution in [3.63, 3.8) is 0 Å². The van der Waals surface area contributed by atoms with Crippen molar-refractivity contribution in [2.24, 2.45) is 0 Å². The van der Waals surface area contributed by atoms with Gasteiger partial charge in [0, 0.05) is 27.9 Å². The summed E-state index contributed by atoms with van der Waals surface area (Å²) >= 11 is 7.64. The van der Waals surface area contributed by atoms with Crippen LogP contribution in [0.5, 0.6) is 0 Å². The SMILES string of the molecule is O=C(CNc1ccc(Cl)cc1)N1CCSc2ccccc21. The van der Waals surface area contributed by atoms with Gasteiger partial charge < -0.3 is 10.2 Å². The van der Waals surface area contributed by atoms with Gasteiger partial charge in [0.15, 0.2) is 0 Å². The maximum atomic E-state index is 12.4. The third-order valence-corrected chi connectivity index (χ3v) is 4.61. The molecule has 0 aliphatic carbocycles. The van der Waals surface area contributed by atoms with Crippen LogP contribution in [-0.4, -0.2) is 24.7 Å². The fourth-order valence-electron chi connectivity index (χ4n) is 2.27. The predicted molar refractivity (Wildman–Crippen MR) is 89.5 cm³/mol. The van der Waals surface area contributed by atoms with E-state index in [9.17, 15) is 4.79 Å². The van der Waals surface area contributed by atoms with Gasteiger partial charge in [-0.3, -0.25) is 4.79 Å². The number of thioether (sulfide) groups is 1. The third kappa shape index (κ3) is 3.34. The van der Waals surface area contributed by atoms with E-state index in [4.69, 9.17) is 11.6 Å². The Hall–Kier alpha value is -1.65. The highest BCUT2D eigenvalue weighted by Crippen LogP contribution is 2.34. The van der Waals surface area contributed by atoms with Gasteiger partial charge in [-0.25, -0.2) is 0 Å². The lowest BCUT2D eigenvalue weighted by molar-refractivity contribution is -0.117. The molecule has 1 amide bonds. The highest BCUT2D eigenvalue weighted by Gasteiger charge is 2.22. The number of nitrogens with zero attached hydrogens (tertiary/aromatic N) is 1. The maximum Gasteiger partial charge on any atom is 0.246 e. The number of anilines is 2. The zero-order valence-corrected chi connectivity index (χ0v) is 13.0. The average Bonchev–Trinajstić information content (AvgIpc) is 2.53. The Bertz CT molecular complexity index is 645. The van der Waals surface area contributed by atoms with Crippen molar-refractivity contribution in [3.8, 4) is 0 Å². The lowest BCUT2D eigenvalue weighted by Gasteiger charge is -2.29. The molecule has 1 N–H and O–H groups in total. The number of nitrogens with one attached hydrogen (secondary N) is 1. The van der Waals surface area contributed by atoms with Crippen molar-refractivity contribution in [2.75, 3.05) is 29.1 Å².